The molecule has 3 heterocycles. The minimum atomic E-state index is -0.461. The molecule has 2 aliphatic rings. The number of hydrogen-bond donors (Lipinski definition) is 2. The maximum atomic E-state index is 12.4. The van der Waals surface area contributed by atoms with Gasteiger partial charge >= 0.3 is 0 Å². The molecule has 7 heteroatoms. The summed E-state index contributed by atoms with van der Waals surface area (Å²) >= 11 is 0. The number of carbonyl (C=O) groups is 2. The Morgan fingerprint density at radius 2 is 1.93 bits per heavy atom. The van der Waals surface area contributed by atoms with Crippen molar-refractivity contribution in [3.63, 3.8) is 0 Å². The monoisotopic (exact) mass is 364 g/mol. The van der Waals surface area contributed by atoms with Crippen LogP contribution in [0.25, 0.3) is 21.7 Å². The van der Waals surface area contributed by atoms with Crippen LogP contribution in [-0.2, 0) is 9.59 Å². The van der Waals surface area contributed by atoms with Gasteiger partial charge in [-0.25, -0.2) is 0 Å². The van der Waals surface area contributed by atoms with Crippen LogP contribution in [0.5, 0.6) is 0 Å². The van der Waals surface area contributed by atoms with E-state index in [1.807, 2.05) is 12.1 Å². The van der Waals surface area contributed by atoms with Crippen LogP contribution >= 0.6 is 0 Å². The van der Waals surface area contributed by atoms with Gasteiger partial charge < -0.3 is 14.7 Å². The molecule has 2 amide bonds. The van der Waals surface area contributed by atoms with Crippen LogP contribution < -0.4 is 15.5 Å². The highest BCUT2D eigenvalue weighted by Gasteiger charge is 2.32. The number of nitrogens with zero attached hydrogens (tertiary/aromatic N) is 2. The smallest absolute Gasteiger partial charge is 0.235 e. The second kappa shape index (κ2) is 6.35. The van der Waals surface area contributed by atoms with Crippen LogP contribution in [0.15, 0.2) is 34.9 Å². The summed E-state index contributed by atoms with van der Waals surface area (Å²) in [6.07, 6.45) is 0.779. The predicted octanol–water partition coefficient (Wildman–Crippen LogP) is 1.91. The number of rotatable bonds is 2. The fourth-order valence-electron chi connectivity index (χ4n) is 4.18. The van der Waals surface area contributed by atoms with Gasteiger partial charge in [0.2, 0.25) is 11.8 Å². The average molecular weight is 364 g/mol. The zero-order valence-electron chi connectivity index (χ0n) is 14.8. The minimum absolute atomic E-state index is 0.227. The van der Waals surface area contributed by atoms with Crippen molar-refractivity contribution in [1.82, 2.24) is 15.8 Å². The summed E-state index contributed by atoms with van der Waals surface area (Å²) in [6.45, 7) is 3.85. The summed E-state index contributed by atoms with van der Waals surface area (Å²) in [6, 6.07) is 10.2. The number of fused-ring (bicyclic) bond motifs is 3. The molecule has 2 saturated heterocycles. The molecule has 0 spiro atoms. The van der Waals surface area contributed by atoms with E-state index in [0.717, 1.165) is 42.3 Å². The van der Waals surface area contributed by atoms with E-state index in [2.05, 4.69) is 38.9 Å². The highest BCUT2D eigenvalue weighted by atomic mass is 16.5. The molecule has 138 valence electrons. The lowest BCUT2D eigenvalue weighted by Gasteiger charge is -2.30. The number of aromatic nitrogens is 1. The van der Waals surface area contributed by atoms with Gasteiger partial charge in [0.25, 0.3) is 0 Å². The van der Waals surface area contributed by atoms with Gasteiger partial charge in [0.05, 0.1) is 11.3 Å². The van der Waals surface area contributed by atoms with Gasteiger partial charge in [-0.1, -0.05) is 17.3 Å². The molecule has 2 N–H and O–H groups in total. The van der Waals surface area contributed by atoms with Crippen molar-refractivity contribution in [2.45, 2.75) is 18.8 Å². The molecule has 0 saturated carbocycles. The van der Waals surface area contributed by atoms with Crippen molar-refractivity contribution in [1.29, 1.82) is 0 Å². The zero-order valence-corrected chi connectivity index (χ0v) is 14.8. The fourth-order valence-corrected chi connectivity index (χ4v) is 4.18. The molecule has 0 radical (unpaired) electrons. The SMILES string of the molecule is O=C1CCC(c2noc3ccc4c(N5CCNCC5)cccc4c23)C(=O)N1. The Hall–Kier alpha value is -2.93. The second-order valence-corrected chi connectivity index (χ2v) is 7.12. The molecular weight excluding hydrogens is 344 g/mol. The molecule has 1 atom stereocenters. The van der Waals surface area contributed by atoms with Gasteiger partial charge in [-0.3, -0.25) is 14.9 Å². The zero-order chi connectivity index (χ0) is 18.4. The number of amides is 2. The van der Waals surface area contributed by atoms with Gasteiger partial charge in [-0.2, -0.15) is 0 Å². The Morgan fingerprint density at radius 3 is 2.74 bits per heavy atom. The molecule has 2 aliphatic heterocycles. The average Bonchev–Trinajstić information content (AvgIpc) is 3.12. The first-order valence-electron chi connectivity index (χ1n) is 9.33. The van der Waals surface area contributed by atoms with Crippen LogP contribution in [-0.4, -0.2) is 43.2 Å². The van der Waals surface area contributed by atoms with Crippen LogP contribution in [0.3, 0.4) is 0 Å². The van der Waals surface area contributed by atoms with E-state index in [1.165, 1.54) is 5.69 Å². The minimum Gasteiger partial charge on any atom is -0.368 e. The molecule has 3 aromatic rings. The first-order valence-corrected chi connectivity index (χ1v) is 9.33. The number of piperidine rings is 1. The number of carbonyl (C=O) groups excluding carboxylic acids is 2. The molecule has 2 aromatic carbocycles. The quantitative estimate of drug-likeness (QED) is 0.676. The van der Waals surface area contributed by atoms with Gasteiger partial charge in [-0.15, -0.1) is 0 Å². The van der Waals surface area contributed by atoms with E-state index in [9.17, 15) is 9.59 Å². The highest BCUT2D eigenvalue weighted by Crippen LogP contribution is 2.38. The topological polar surface area (TPSA) is 87.5 Å². The molecular formula is C20H20N4O3. The summed E-state index contributed by atoms with van der Waals surface area (Å²) in [5.74, 6) is -0.982. The van der Waals surface area contributed by atoms with E-state index in [-0.39, 0.29) is 11.8 Å². The van der Waals surface area contributed by atoms with Crippen LogP contribution in [0.4, 0.5) is 5.69 Å². The number of nitrogens with one attached hydrogen (secondary N) is 2. The lowest BCUT2D eigenvalue weighted by Crippen LogP contribution is -2.43. The van der Waals surface area contributed by atoms with Gasteiger partial charge in [0.1, 0.15) is 5.69 Å². The number of imide groups is 1. The molecule has 7 nitrogen and oxygen atoms in total. The molecule has 27 heavy (non-hydrogen) atoms. The lowest BCUT2D eigenvalue weighted by molar-refractivity contribution is -0.134. The van der Waals surface area contributed by atoms with E-state index >= 15 is 0 Å². The summed E-state index contributed by atoms with van der Waals surface area (Å²) < 4.78 is 5.53. The van der Waals surface area contributed by atoms with Gasteiger partial charge in [0.15, 0.2) is 5.58 Å². The van der Waals surface area contributed by atoms with E-state index < -0.39 is 5.92 Å². The van der Waals surface area contributed by atoms with Crippen molar-refractivity contribution in [2.24, 2.45) is 0 Å². The predicted molar refractivity (Wildman–Crippen MR) is 102 cm³/mol. The number of hydrogen-bond acceptors (Lipinski definition) is 6. The highest BCUT2D eigenvalue weighted by molar-refractivity contribution is 6.13. The fraction of sp³-hybridized carbons (Fsp3) is 0.350. The third kappa shape index (κ3) is 2.66. The van der Waals surface area contributed by atoms with Crippen molar-refractivity contribution in [2.75, 3.05) is 31.1 Å². The summed E-state index contributed by atoms with van der Waals surface area (Å²) in [5, 5.41) is 13.0. The summed E-state index contributed by atoms with van der Waals surface area (Å²) in [5.41, 5.74) is 2.48. The van der Waals surface area contributed by atoms with Crippen molar-refractivity contribution in [3.05, 3.63) is 36.0 Å². The normalized spacial score (nSPS) is 21.0. The first-order chi connectivity index (χ1) is 13.2. The van der Waals surface area contributed by atoms with Crippen LogP contribution in [0.1, 0.15) is 24.5 Å². The molecule has 5 rings (SSSR count). The third-order valence-corrected chi connectivity index (χ3v) is 5.53. The third-order valence-electron chi connectivity index (χ3n) is 5.53. The number of anilines is 1. The molecule has 1 unspecified atom stereocenters. The van der Waals surface area contributed by atoms with Crippen molar-refractivity contribution in [3.8, 4) is 0 Å². The number of piperazine rings is 1. The lowest BCUT2D eigenvalue weighted by atomic mass is 9.91. The van der Waals surface area contributed by atoms with Crippen LogP contribution in [0, 0.1) is 0 Å². The standard InChI is InChI=1S/C20H20N4O3/c25-17-7-5-14(20(26)22-17)19-18-13-2-1-3-15(24-10-8-21-9-11-24)12(13)4-6-16(18)27-23-19/h1-4,6,14,21H,5,7-11H2,(H,22,25,26). The Kier molecular flexibility index (Phi) is 3.82. The molecule has 0 aliphatic carbocycles. The van der Waals surface area contributed by atoms with Gasteiger partial charge in [0, 0.05) is 43.7 Å². The van der Waals surface area contributed by atoms with Crippen molar-refractivity contribution >= 4 is 39.2 Å². The Labute approximate surface area is 155 Å². The molecule has 0 bridgehead atoms. The van der Waals surface area contributed by atoms with Crippen molar-refractivity contribution < 1.29 is 14.1 Å². The second-order valence-electron chi connectivity index (χ2n) is 7.12. The number of benzene rings is 2. The Bertz CT molecular complexity index is 1050. The Morgan fingerprint density at radius 1 is 1.07 bits per heavy atom. The largest absolute Gasteiger partial charge is 0.368 e. The molecule has 2 fully saturated rings. The van der Waals surface area contributed by atoms with E-state index in [4.69, 9.17) is 4.52 Å². The Balaban J connectivity index is 1.67. The summed E-state index contributed by atoms with van der Waals surface area (Å²) in [4.78, 5) is 26.2. The van der Waals surface area contributed by atoms with Gasteiger partial charge in [-0.05, 0) is 30.0 Å². The van der Waals surface area contributed by atoms with E-state index in [0.29, 0.717) is 24.1 Å². The molecule has 1 aromatic heterocycles. The first kappa shape index (κ1) is 16.3. The maximum absolute atomic E-state index is 12.4. The van der Waals surface area contributed by atoms with E-state index in [1.54, 1.807) is 0 Å². The summed E-state index contributed by atoms with van der Waals surface area (Å²) in [7, 11) is 0. The maximum Gasteiger partial charge on any atom is 0.235 e. The van der Waals surface area contributed by atoms with Crippen LogP contribution in [0.2, 0.25) is 0 Å².